The third-order valence-corrected chi connectivity index (χ3v) is 3.78. The fourth-order valence-electron chi connectivity index (χ4n) is 2.80. The fraction of sp³-hybridized carbons (Fsp3) is 0.846. The Bertz CT molecular complexity index is 404. The molecule has 3 rings (SSSR count). The van der Waals surface area contributed by atoms with E-state index in [1.54, 1.807) is 0 Å². The second kappa shape index (κ2) is 5.98. The molecule has 1 aromatic rings. The molecule has 2 aliphatic heterocycles. The Morgan fingerprint density at radius 2 is 2.11 bits per heavy atom. The first-order valence-corrected chi connectivity index (χ1v) is 7.15. The number of rotatable bonds is 4. The quantitative estimate of drug-likeness (QED) is 0.821. The van der Waals surface area contributed by atoms with Gasteiger partial charge >= 0.3 is 0 Å². The second-order valence-electron chi connectivity index (χ2n) is 5.10. The van der Waals surface area contributed by atoms with Crippen molar-refractivity contribution in [2.24, 2.45) is 0 Å². The highest BCUT2D eigenvalue weighted by atomic mass is 16.7. The van der Waals surface area contributed by atoms with Crippen molar-refractivity contribution in [1.82, 2.24) is 15.0 Å². The average Bonchev–Trinajstić information content (AvgIpc) is 3.10. The Kier molecular flexibility index (Phi) is 4.10. The molecule has 6 heteroatoms. The van der Waals surface area contributed by atoms with Crippen LogP contribution >= 0.6 is 0 Å². The maximum Gasteiger partial charge on any atom is 0.226 e. The van der Waals surface area contributed by atoms with Gasteiger partial charge in [0.15, 0.2) is 12.1 Å². The molecule has 0 amide bonds. The van der Waals surface area contributed by atoms with Crippen LogP contribution in [0.4, 0.5) is 0 Å². The van der Waals surface area contributed by atoms with Gasteiger partial charge in [0.05, 0.1) is 25.8 Å². The number of aromatic nitrogens is 2. The number of ether oxygens (including phenoxy) is 2. The van der Waals surface area contributed by atoms with Gasteiger partial charge in [-0.1, -0.05) is 18.5 Å². The molecule has 19 heavy (non-hydrogen) atoms. The lowest BCUT2D eigenvalue weighted by atomic mass is 10.0. The Labute approximate surface area is 113 Å². The molecule has 2 fully saturated rings. The molecule has 2 saturated heterocycles. The van der Waals surface area contributed by atoms with Crippen molar-refractivity contribution < 1.29 is 14.0 Å². The molecule has 0 saturated carbocycles. The van der Waals surface area contributed by atoms with E-state index < -0.39 is 0 Å². The van der Waals surface area contributed by atoms with Crippen molar-refractivity contribution in [3.63, 3.8) is 0 Å². The van der Waals surface area contributed by atoms with E-state index in [4.69, 9.17) is 14.0 Å². The number of hydrogen-bond acceptors (Lipinski definition) is 6. The summed E-state index contributed by atoms with van der Waals surface area (Å²) in [5.74, 6) is 1.47. The Hall–Kier alpha value is -0.980. The Morgan fingerprint density at radius 1 is 1.26 bits per heavy atom. The van der Waals surface area contributed by atoms with Crippen molar-refractivity contribution in [2.45, 2.75) is 51.5 Å². The minimum absolute atomic E-state index is 0.0853. The van der Waals surface area contributed by atoms with Crippen LogP contribution in [0.25, 0.3) is 0 Å². The first kappa shape index (κ1) is 13.0. The number of likely N-dealkylation sites (tertiary alicyclic amines) is 1. The maximum atomic E-state index is 5.66. The van der Waals surface area contributed by atoms with E-state index in [0.29, 0.717) is 25.1 Å². The number of aryl methyl sites for hydroxylation is 1. The summed E-state index contributed by atoms with van der Waals surface area (Å²) in [5, 5.41) is 4.03. The van der Waals surface area contributed by atoms with Crippen molar-refractivity contribution in [2.75, 3.05) is 19.8 Å². The lowest BCUT2D eigenvalue weighted by Crippen LogP contribution is -2.46. The van der Waals surface area contributed by atoms with Gasteiger partial charge in [-0.3, -0.25) is 4.90 Å². The van der Waals surface area contributed by atoms with Crippen LogP contribution in [0, 0.1) is 0 Å². The molecule has 1 unspecified atom stereocenters. The number of nitrogens with zero attached hydrogens (tertiary/aromatic N) is 3. The third kappa shape index (κ3) is 2.96. The molecular formula is C13H21N3O3. The van der Waals surface area contributed by atoms with E-state index in [2.05, 4.69) is 15.0 Å². The highest BCUT2D eigenvalue weighted by Crippen LogP contribution is 2.25. The molecule has 1 atom stereocenters. The molecule has 3 heterocycles. The standard InChI is InChI=1S/C13H21N3O3/c1-2-12-14-11(15-19-12)9-16-6-4-3-5-10(16)13-17-7-8-18-13/h10,13H,2-9H2,1H3. The molecule has 0 bridgehead atoms. The van der Waals surface area contributed by atoms with Crippen molar-refractivity contribution in [1.29, 1.82) is 0 Å². The summed E-state index contributed by atoms with van der Waals surface area (Å²) >= 11 is 0. The lowest BCUT2D eigenvalue weighted by molar-refractivity contribution is -0.111. The lowest BCUT2D eigenvalue weighted by Gasteiger charge is -2.37. The van der Waals surface area contributed by atoms with E-state index in [0.717, 1.165) is 31.8 Å². The van der Waals surface area contributed by atoms with Crippen LogP contribution < -0.4 is 0 Å². The van der Waals surface area contributed by atoms with Gasteiger partial charge in [-0.25, -0.2) is 0 Å². The molecule has 2 aliphatic rings. The summed E-state index contributed by atoms with van der Waals surface area (Å²) in [4.78, 5) is 6.75. The summed E-state index contributed by atoms with van der Waals surface area (Å²) < 4.78 is 16.5. The monoisotopic (exact) mass is 267 g/mol. The van der Waals surface area contributed by atoms with Crippen LogP contribution in [-0.2, 0) is 22.4 Å². The van der Waals surface area contributed by atoms with E-state index in [-0.39, 0.29) is 6.29 Å². The van der Waals surface area contributed by atoms with Crippen LogP contribution in [0.1, 0.15) is 37.9 Å². The zero-order valence-corrected chi connectivity index (χ0v) is 11.4. The Balaban J connectivity index is 1.65. The summed E-state index contributed by atoms with van der Waals surface area (Å²) in [5.41, 5.74) is 0. The van der Waals surface area contributed by atoms with Crippen LogP contribution in [0.5, 0.6) is 0 Å². The zero-order valence-electron chi connectivity index (χ0n) is 11.4. The van der Waals surface area contributed by atoms with Crippen LogP contribution in [-0.4, -0.2) is 47.1 Å². The van der Waals surface area contributed by atoms with Crippen molar-refractivity contribution in [3.05, 3.63) is 11.7 Å². The second-order valence-corrected chi connectivity index (χ2v) is 5.10. The maximum absolute atomic E-state index is 5.66. The molecule has 106 valence electrons. The fourth-order valence-corrected chi connectivity index (χ4v) is 2.80. The van der Waals surface area contributed by atoms with Gasteiger partial charge in [-0.2, -0.15) is 4.98 Å². The summed E-state index contributed by atoms with van der Waals surface area (Å²) in [6, 6.07) is 0.319. The summed E-state index contributed by atoms with van der Waals surface area (Å²) in [6.45, 7) is 5.19. The Morgan fingerprint density at radius 3 is 2.84 bits per heavy atom. The summed E-state index contributed by atoms with van der Waals surface area (Å²) in [6.07, 6.45) is 4.25. The van der Waals surface area contributed by atoms with E-state index in [1.807, 2.05) is 6.92 Å². The van der Waals surface area contributed by atoms with E-state index in [1.165, 1.54) is 12.8 Å². The molecule has 6 nitrogen and oxygen atoms in total. The number of hydrogen-bond donors (Lipinski definition) is 0. The highest BCUT2D eigenvalue weighted by Gasteiger charge is 2.34. The zero-order chi connectivity index (χ0) is 13.1. The van der Waals surface area contributed by atoms with Crippen LogP contribution in [0.3, 0.4) is 0 Å². The first-order valence-electron chi connectivity index (χ1n) is 7.15. The number of piperidine rings is 1. The smallest absolute Gasteiger partial charge is 0.226 e. The molecule has 0 aliphatic carbocycles. The van der Waals surface area contributed by atoms with Gasteiger partial charge in [-0.15, -0.1) is 0 Å². The largest absolute Gasteiger partial charge is 0.349 e. The molecular weight excluding hydrogens is 246 g/mol. The van der Waals surface area contributed by atoms with Crippen molar-refractivity contribution in [3.8, 4) is 0 Å². The van der Waals surface area contributed by atoms with Gasteiger partial charge in [0, 0.05) is 6.42 Å². The summed E-state index contributed by atoms with van der Waals surface area (Å²) in [7, 11) is 0. The van der Waals surface area contributed by atoms with E-state index in [9.17, 15) is 0 Å². The van der Waals surface area contributed by atoms with Gasteiger partial charge < -0.3 is 14.0 Å². The molecule has 0 spiro atoms. The minimum atomic E-state index is -0.0853. The molecule has 0 radical (unpaired) electrons. The van der Waals surface area contributed by atoms with E-state index >= 15 is 0 Å². The predicted octanol–water partition coefficient (Wildman–Crippen LogP) is 1.36. The van der Waals surface area contributed by atoms with Gasteiger partial charge in [0.2, 0.25) is 5.89 Å². The normalized spacial score (nSPS) is 26.1. The molecule has 1 aromatic heterocycles. The van der Waals surface area contributed by atoms with Gasteiger partial charge in [-0.05, 0) is 19.4 Å². The topological polar surface area (TPSA) is 60.6 Å². The molecule has 0 N–H and O–H groups in total. The van der Waals surface area contributed by atoms with Crippen LogP contribution in [0.15, 0.2) is 4.52 Å². The molecule has 0 aromatic carbocycles. The SMILES string of the molecule is CCc1nc(CN2CCCCC2C2OCCO2)no1. The van der Waals surface area contributed by atoms with Crippen LogP contribution in [0.2, 0.25) is 0 Å². The first-order chi connectivity index (χ1) is 9.36. The van der Waals surface area contributed by atoms with Crippen molar-refractivity contribution >= 4 is 0 Å². The minimum Gasteiger partial charge on any atom is -0.349 e. The van der Waals surface area contributed by atoms with Gasteiger partial charge in [0.25, 0.3) is 0 Å². The highest BCUT2D eigenvalue weighted by molar-refractivity contribution is 4.90. The third-order valence-electron chi connectivity index (χ3n) is 3.78. The van der Waals surface area contributed by atoms with Gasteiger partial charge in [0.1, 0.15) is 0 Å². The predicted molar refractivity (Wildman–Crippen MR) is 67.4 cm³/mol. The average molecular weight is 267 g/mol.